The minimum Gasteiger partial charge on any atom is -0.326 e. The quantitative estimate of drug-likeness (QED) is 0.555. The van der Waals surface area contributed by atoms with Gasteiger partial charge in [0.05, 0.1) is 0 Å². The second-order valence-corrected chi connectivity index (χ2v) is 10.8. The number of thioether (sulfide) groups is 1. The summed E-state index contributed by atoms with van der Waals surface area (Å²) < 4.78 is 0.942. The molecular formula is C21H25BrN4O2S. The first-order valence-corrected chi connectivity index (χ1v) is 11.5. The molecule has 2 amide bonds. The SMILES string of the molecule is CC1(C)[C@H]2C=C(N/N=C3/NC(=O)[C@H](CC(=O)Nc4ccc(Br)cc4)S3)[C@]1(C)CC2. The molecule has 3 atom stereocenters. The molecule has 2 aliphatic carbocycles. The summed E-state index contributed by atoms with van der Waals surface area (Å²) in [5, 5.41) is 10.1. The van der Waals surface area contributed by atoms with Gasteiger partial charge in [0.2, 0.25) is 11.8 Å². The average molecular weight is 477 g/mol. The van der Waals surface area contributed by atoms with Crippen LogP contribution < -0.4 is 16.1 Å². The molecule has 29 heavy (non-hydrogen) atoms. The van der Waals surface area contributed by atoms with E-state index in [0.717, 1.165) is 16.6 Å². The van der Waals surface area contributed by atoms with Gasteiger partial charge in [-0.05, 0) is 48.4 Å². The lowest BCUT2D eigenvalue weighted by molar-refractivity contribution is -0.122. The van der Waals surface area contributed by atoms with Gasteiger partial charge in [0.25, 0.3) is 0 Å². The molecule has 0 aromatic heterocycles. The summed E-state index contributed by atoms with van der Waals surface area (Å²) in [5.74, 6) is 0.185. The van der Waals surface area contributed by atoms with Gasteiger partial charge in [0, 0.05) is 27.7 Å². The largest absolute Gasteiger partial charge is 0.326 e. The number of nitrogens with one attached hydrogen (secondary N) is 3. The number of rotatable bonds is 5. The fourth-order valence-corrected chi connectivity index (χ4v) is 5.66. The fourth-order valence-electron chi connectivity index (χ4n) is 4.47. The molecule has 2 bridgehead atoms. The van der Waals surface area contributed by atoms with Crippen LogP contribution in [-0.2, 0) is 9.59 Å². The molecule has 1 saturated heterocycles. The first-order valence-electron chi connectivity index (χ1n) is 9.78. The van der Waals surface area contributed by atoms with Crippen molar-refractivity contribution in [3.8, 4) is 0 Å². The zero-order valence-corrected chi connectivity index (χ0v) is 19.1. The number of hydrogen-bond acceptors (Lipinski definition) is 5. The van der Waals surface area contributed by atoms with Gasteiger partial charge >= 0.3 is 0 Å². The Hall–Kier alpha value is -1.80. The molecule has 6 nitrogen and oxygen atoms in total. The summed E-state index contributed by atoms with van der Waals surface area (Å²) in [5.41, 5.74) is 5.34. The van der Waals surface area contributed by atoms with Gasteiger partial charge in [0.1, 0.15) is 5.25 Å². The van der Waals surface area contributed by atoms with E-state index < -0.39 is 5.25 Å². The molecule has 1 aromatic carbocycles. The Balaban J connectivity index is 1.34. The van der Waals surface area contributed by atoms with Gasteiger partial charge in [0.15, 0.2) is 5.17 Å². The van der Waals surface area contributed by atoms with E-state index >= 15 is 0 Å². The van der Waals surface area contributed by atoms with Crippen LogP contribution in [0.5, 0.6) is 0 Å². The van der Waals surface area contributed by atoms with Crippen LogP contribution in [0.2, 0.25) is 0 Å². The van der Waals surface area contributed by atoms with Crippen LogP contribution >= 0.6 is 27.7 Å². The third kappa shape index (κ3) is 3.72. The van der Waals surface area contributed by atoms with Crippen LogP contribution in [0.25, 0.3) is 0 Å². The third-order valence-electron chi connectivity index (χ3n) is 6.82. The number of amidine groups is 1. The highest BCUT2D eigenvalue weighted by molar-refractivity contribution is 9.10. The zero-order valence-electron chi connectivity index (χ0n) is 16.7. The third-order valence-corrected chi connectivity index (χ3v) is 8.43. The van der Waals surface area contributed by atoms with Crippen LogP contribution in [0.1, 0.15) is 40.0 Å². The lowest BCUT2D eigenvalue weighted by atomic mass is 9.69. The van der Waals surface area contributed by atoms with Crippen molar-refractivity contribution in [1.29, 1.82) is 0 Å². The molecule has 4 rings (SSSR count). The Morgan fingerprint density at radius 1 is 1.31 bits per heavy atom. The zero-order chi connectivity index (χ0) is 20.8. The van der Waals surface area contributed by atoms with Crippen LogP contribution in [0, 0.1) is 16.7 Å². The Kier molecular flexibility index (Phi) is 5.27. The Morgan fingerprint density at radius 2 is 2.03 bits per heavy atom. The highest BCUT2D eigenvalue weighted by Gasteiger charge is 2.57. The average Bonchev–Trinajstić information content (AvgIpc) is 3.18. The number of allylic oxidation sites excluding steroid dienone is 2. The maximum Gasteiger partial charge on any atom is 0.240 e. The standard InChI is InChI=1S/C21H25BrN4O2S/c1-20(2)12-8-9-21(20,3)16(10-12)25-26-19-24-18(28)15(29-19)11-17(27)23-14-6-4-13(22)5-7-14/h4-7,10,12,15,25H,8-9,11H2,1-3H3,(H,23,27)(H,24,26,28)/t12-,15+,21+/m1/s1. The van der Waals surface area contributed by atoms with E-state index in [-0.39, 0.29) is 29.1 Å². The summed E-state index contributed by atoms with van der Waals surface area (Å²) in [6, 6.07) is 7.34. The molecule has 1 heterocycles. The highest BCUT2D eigenvalue weighted by Crippen LogP contribution is 2.64. The molecule has 0 unspecified atom stereocenters. The van der Waals surface area contributed by atoms with Gasteiger partial charge in [-0.25, -0.2) is 0 Å². The van der Waals surface area contributed by atoms with Crippen LogP contribution in [0.15, 0.2) is 45.6 Å². The van der Waals surface area contributed by atoms with Crippen LogP contribution in [0.3, 0.4) is 0 Å². The van der Waals surface area contributed by atoms with E-state index in [1.807, 2.05) is 24.3 Å². The van der Waals surface area contributed by atoms with E-state index in [0.29, 0.717) is 16.8 Å². The number of benzene rings is 1. The van der Waals surface area contributed by atoms with Crippen molar-refractivity contribution in [3.63, 3.8) is 0 Å². The Bertz CT molecular complexity index is 912. The van der Waals surface area contributed by atoms with E-state index in [2.05, 4.69) is 63.9 Å². The maximum absolute atomic E-state index is 12.3. The van der Waals surface area contributed by atoms with E-state index in [9.17, 15) is 9.59 Å². The van der Waals surface area contributed by atoms with Gasteiger partial charge in [-0.2, -0.15) is 5.10 Å². The number of amides is 2. The minimum absolute atomic E-state index is 0.0823. The summed E-state index contributed by atoms with van der Waals surface area (Å²) in [4.78, 5) is 24.6. The first-order chi connectivity index (χ1) is 13.7. The van der Waals surface area contributed by atoms with Crippen LogP contribution in [-0.4, -0.2) is 22.2 Å². The van der Waals surface area contributed by atoms with Crippen molar-refractivity contribution in [3.05, 3.63) is 40.5 Å². The number of halogens is 1. The Morgan fingerprint density at radius 3 is 2.66 bits per heavy atom. The molecule has 8 heteroatoms. The second-order valence-electron chi connectivity index (χ2n) is 8.66. The van der Waals surface area contributed by atoms with Gasteiger partial charge in [-0.1, -0.05) is 54.5 Å². The molecule has 3 N–H and O–H groups in total. The lowest BCUT2D eigenvalue weighted by Gasteiger charge is -2.36. The lowest BCUT2D eigenvalue weighted by Crippen LogP contribution is -2.34. The molecule has 0 spiro atoms. The van der Waals surface area contributed by atoms with Crippen molar-refractivity contribution < 1.29 is 9.59 Å². The normalized spacial score (nSPS) is 31.0. The number of carbonyl (C=O) groups excluding carboxylic acids is 2. The van der Waals surface area contributed by atoms with E-state index in [4.69, 9.17) is 0 Å². The predicted octanol–water partition coefficient (Wildman–Crippen LogP) is 4.21. The van der Waals surface area contributed by atoms with Crippen molar-refractivity contribution in [1.82, 2.24) is 10.7 Å². The number of hydrogen-bond donors (Lipinski definition) is 3. The fraction of sp³-hybridized carbons (Fsp3) is 0.476. The van der Waals surface area contributed by atoms with Crippen molar-refractivity contribution in [2.45, 2.75) is 45.3 Å². The molecule has 1 saturated carbocycles. The second kappa shape index (κ2) is 7.47. The van der Waals surface area contributed by atoms with Gasteiger partial charge in [-0.3, -0.25) is 15.0 Å². The molecule has 0 radical (unpaired) electrons. The molecule has 3 aliphatic rings. The topological polar surface area (TPSA) is 82.6 Å². The number of hydrazone groups is 1. The monoisotopic (exact) mass is 476 g/mol. The number of anilines is 1. The first kappa shape index (κ1) is 20.5. The predicted molar refractivity (Wildman–Crippen MR) is 120 cm³/mol. The van der Waals surface area contributed by atoms with Crippen molar-refractivity contribution in [2.75, 3.05) is 5.32 Å². The van der Waals surface area contributed by atoms with E-state index in [1.54, 1.807) is 0 Å². The van der Waals surface area contributed by atoms with E-state index in [1.165, 1.54) is 18.2 Å². The number of fused-ring (bicyclic) bond motifs is 2. The maximum atomic E-state index is 12.3. The summed E-state index contributed by atoms with van der Waals surface area (Å²) in [6.45, 7) is 6.92. The summed E-state index contributed by atoms with van der Waals surface area (Å²) in [7, 11) is 0. The molecular weight excluding hydrogens is 452 g/mol. The van der Waals surface area contributed by atoms with Crippen LogP contribution in [0.4, 0.5) is 5.69 Å². The summed E-state index contributed by atoms with van der Waals surface area (Å²) in [6.07, 6.45) is 4.75. The summed E-state index contributed by atoms with van der Waals surface area (Å²) >= 11 is 4.66. The van der Waals surface area contributed by atoms with Gasteiger partial charge in [-0.15, -0.1) is 0 Å². The highest BCUT2D eigenvalue weighted by atomic mass is 79.9. The number of carbonyl (C=O) groups is 2. The number of nitrogens with zero attached hydrogens (tertiary/aromatic N) is 1. The minimum atomic E-state index is -0.480. The Labute approximate surface area is 183 Å². The van der Waals surface area contributed by atoms with Gasteiger partial charge < -0.3 is 10.6 Å². The van der Waals surface area contributed by atoms with Crippen molar-refractivity contribution in [2.24, 2.45) is 21.8 Å². The molecule has 1 aromatic rings. The van der Waals surface area contributed by atoms with Crippen molar-refractivity contribution >= 4 is 50.4 Å². The smallest absolute Gasteiger partial charge is 0.240 e. The molecule has 154 valence electrons. The molecule has 1 aliphatic heterocycles. The molecule has 2 fully saturated rings.